The number of nitrogens with two attached hydrogens (primary N) is 1. The van der Waals surface area contributed by atoms with Gasteiger partial charge in [0.25, 0.3) is 0 Å². The van der Waals surface area contributed by atoms with E-state index < -0.39 is 0 Å². The SMILES string of the molecule is C=CCC(N)c1ccccc1N1CCCCC1. The number of hydrogen-bond donors (Lipinski definition) is 1. The van der Waals surface area contributed by atoms with Gasteiger partial charge in [-0.1, -0.05) is 24.3 Å². The maximum Gasteiger partial charge on any atom is 0.0414 e. The molecular formula is C15H22N2. The van der Waals surface area contributed by atoms with Crippen LogP contribution in [0.2, 0.25) is 0 Å². The van der Waals surface area contributed by atoms with Crippen molar-refractivity contribution in [2.75, 3.05) is 18.0 Å². The van der Waals surface area contributed by atoms with Crippen LogP contribution in [0.4, 0.5) is 5.69 Å². The number of benzene rings is 1. The van der Waals surface area contributed by atoms with Crippen molar-refractivity contribution in [3.8, 4) is 0 Å². The topological polar surface area (TPSA) is 29.3 Å². The van der Waals surface area contributed by atoms with Gasteiger partial charge in [-0.2, -0.15) is 0 Å². The maximum atomic E-state index is 6.22. The molecule has 0 bridgehead atoms. The summed E-state index contributed by atoms with van der Waals surface area (Å²) in [6.45, 7) is 6.10. The molecular weight excluding hydrogens is 208 g/mol. The van der Waals surface area contributed by atoms with E-state index >= 15 is 0 Å². The van der Waals surface area contributed by atoms with Gasteiger partial charge in [0.1, 0.15) is 0 Å². The summed E-state index contributed by atoms with van der Waals surface area (Å²) in [5.74, 6) is 0. The molecule has 92 valence electrons. The Morgan fingerprint density at radius 2 is 1.94 bits per heavy atom. The largest absolute Gasteiger partial charge is 0.371 e. The van der Waals surface area contributed by atoms with Crippen LogP contribution in [-0.4, -0.2) is 13.1 Å². The molecule has 1 unspecified atom stereocenters. The molecule has 1 aliphatic rings. The molecule has 1 saturated heterocycles. The lowest BCUT2D eigenvalue weighted by Gasteiger charge is -2.31. The third-order valence-corrected chi connectivity index (χ3v) is 3.45. The summed E-state index contributed by atoms with van der Waals surface area (Å²) >= 11 is 0. The Hall–Kier alpha value is -1.28. The number of piperidine rings is 1. The van der Waals surface area contributed by atoms with Gasteiger partial charge in [-0.15, -0.1) is 6.58 Å². The smallest absolute Gasteiger partial charge is 0.0414 e. The lowest BCUT2D eigenvalue weighted by molar-refractivity contribution is 0.573. The van der Waals surface area contributed by atoms with Gasteiger partial charge in [0, 0.05) is 24.8 Å². The zero-order valence-electron chi connectivity index (χ0n) is 10.4. The summed E-state index contributed by atoms with van der Waals surface area (Å²) in [5.41, 5.74) is 8.79. The Kier molecular flexibility index (Phi) is 4.21. The molecule has 1 aliphatic heterocycles. The summed E-state index contributed by atoms with van der Waals surface area (Å²) in [7, 11) is 0. The number of nitrogens with zero attached hydrogens (tertiary/aromatic N) is 1. The summed E-state index contributed by atoms with van der Waals surface area (Å²) in [6.07, 6.45) is 6.69. The third-order valence-electron chi connectivity index (χ3n) is 3.45. The van der Waals surface area contributed by atoms with Crippen LogP contribution in [0.25, 0.3) is 0 Å². The first-order valence-corrected chi connectivity index (χ1v) is 6.53. The highest BCUT2D eigenvalue weighted by Crippen LogP contribution is 2.29. The molecule has 0 aromatic heterocycles. The van der Waals surface area contributed by atoms with Crippen LogP contribution >= 0.6 is 0 Å². The minimum atomic E-state index is 0.0747. The molecule has 0 saturated carbocycles. The Bertz CT molecular complexity index is 367. The molecule has 0 radical (unpaired) electrons. The zero-order chi connectivity index (χ0) is 12.1. The van der Waals surface area contributed by atoms with E-state index in [9.17, 15) is 0 Å². The van der Waals surface area contributed by atoms with Crippen LogP contribution in [0.5, 0.6) is 0 Å². The van der Waals surface area contributed by atoms with Gasteiger partial charge in [0.2, 0.25) is 0 Å². The van der Waals surface area contributed by atoms with E-state index in [-0.39, 0.29) is 6.04 Å². The lowest BCUT2D eigenvalue weighted by Crippen LogP contribution is -2.31. The first-order chi connectivity index (χ1) is 8.33. The molecule has 0 amide bonds. The van der Waals surface area contributed by atoms with Crippen molar-refractivity contribution in [3.05, 3.63) is 42.5 Å². The van der Waals surface area contributed by atoms with E-state index in [1.165, 1.54) is 30.5 Å². The molecule has 2 heteroatoms. The molecule has 1 fully saturated rings. The fourth-order valence-electron chi connectivity index (χ4n) is 2.53. The summed E-state index contributed by atoms with van der Waals surface area (Å²) in [6, 6.07) is 8.60. The second kappa shape index (κ2) is 5.87. The van der Waals surface area contributed by atoms with Crippen LogP contribution < -0.4 is 10.6 Å². The van der Waals surface area contributed by atoms with Crippen molar-refractivity contribution in [2.24, 2.45) is 5.73 Å². The fourth-order valence-corrected chi connectivity index (χ4v) is 2.53. The quantitative estimate of drug-likeness (QED) is 0.804. The second-order valence-electron chi connectivity index (χ2n) is 4.74. The minimum absolute atomic E-state index is 0.0747. The summed E-state index contributed by atoms with van der Waals surface area (Å²) in [4.78, 5) is 2.47. The van der Waals surface area contributed by atoms with Crippen molar-refractivity contribution in [3.63, 3.8) is 0 Å². The van der Waals surface area contributed by atoms with Crippen LogP contribution in [0.15, 0.2) is 36.9 Å². The predicted molar refractivity (Wildman–Crippen MR) is 74.2 cm³/mol. The lowest BCUT2D eigenvalue weighted by atomic mass is 10.00. The van der Waals surface area contributed by atoms with Crippen molar-refractivity contribution >= 4 is 5.69 Å². The van der Waals surface area contributed by atoms with Crippen molar-refractivity contribution < 1.29 is 0 Å². The standard InChI is InChI=1S/C15H22N2/c1-2-8-14(16)13-9-4-5-10-15(13)17-11-6-3-7-12-17/h2,4-5,9-10,14H,1,3,6-8,11-12,16H2. The van der Waals surface area contributed by atoms with Gasteiger partial charge in [-0.3, -0.25) is 0 Å². The van der Waals surface area contributed by atoms with Gasteiger partial charge in [-0.25, -0.2) is 0 Å². The molecule has 1 aromatic carbocycles. The van der Waals surface area contributed by atoms with Gasteiger partial charge in [0.05, 0.1) is 0 Å². The molecule has 1 heterocycles. The predicted octanol–water partition coefficient (Wildman–Crippen LogP) is 3.25. The zero-order valence-corrected chi connectivity index (χ0v) is 10.4. The van der Waals surface area contributed by atoms with Crippen LogP contribution in [0, 0.1) is 0 Å². The molecule has 2 N–H and O–H groups in total. The Morgan fingerprint density at radius 3 is 2.65 bits per heavy atom. The van der Waals surface area contributed by atoms with E-state index in [0.717, 1.165) is 19.5 Å². The third kappa shape index (κ3) is 2.89. The van der Waals surface area contributed by atoms with Gasteiger partial charge in [0.15, 0.2) is 0 Å². The number of rotatable bonds is 4. The highest BCUT2D eigenvalue weighted by molar-refractivity contribution is 5.55. The monoisotopic (exact) mass is 230 g/mol. The van der Waals surface area contributed by atoms with Crippen molar-refractivity contribution in [2.45, 2.75) is 31.7 Å². The Labute approximate surface area is 104 Å². The minimum Gasteiger partial charge on any atom is -0.371 e. The number of anilines is 1. The Balaban J connectivity index is 2.22. The molecule has 1 aromatic rings. The van der Waals surface area contributed by atoms with Crippen molar-refractivity contribution in [1.82, 2.24) is 0 Å². The molecule has 0 aliphatic carbocycles. The van der Waals surface area contributed by atoms with E-state index in [0.29, 0.717) is 0 Å². The van der Waals surface area contributed by atoms with Crippen molar-refractivity contribution in [1.29, 1.82) is 0 Å². The molecule has 2 nitrogen and oxygen atoms in total. The van der Waals surface area contributed by atoms with Gasteiger partial charge >= 0.3 is 0 Å². The highest BCUT2D eigenvalue weighted by Gasteiger charge is 2.16. The molecule has 1 atom stereocenters. The normalized spacial score (nSPS) is 17.8. The van der Waals surface area contributed by atoms with E-state index in [1.54, 1.807) is 0 Å². The Morgan fingerprint density at radius 1 is 1.24 bits per heavy atom. The number of hydrogen-bond acceptors (Lipinski definition) is 2. The molecule has 0 spiro atoms. The van der Waals surface area contributed by atoms with Crippen LogP contribution in [-0.2, 0) is 0 Å². The van der Waals surface area contributed by atoms with Gasteiger partial charge < -0.3 is 10.6 Å². The van der Waals surface area contributed by atoms with E-state index in [2.05, 4.69) is 35.7 Å². The van der Waals surface area contributed by atoms with Crippen LogP contribution in [0.1, 0.15) is 37.3 Å². The molecule has 17 heavy (non-hydrogen) atoms. The molecule has 2 rings (SSSR count). The fraction of sp³-hybridized carbons (Fsp3) is 0.467. The van der Waals surface area contributed by atoms with Gasteiger partial charge in [-0.05, 0) is 37.3 Å². The van der Waals surface area contributed by atoms with Crippen LogP contribution in [0.3, 0.4) is 0 Å². The first-order valence-electron chi connectivity index (χ1n) is 6.53. The van der Waals surface area contributed by atoms with E-state index in [1.807, 2.05) is 6.08 Å². The van der Waals surface area contributed by atoms with E-state index in [4.69, 9.17) is 5.73 Å². The summed E-state index contributed by atoms with van der Waals surface area (Å²) in [5, 5.41) is 0. The first kappa shape index (κ1) is 12.2. The average molecular weight is 230 g/mol. The summed E-state index contributed by atoms with van der Waals surface area (Å²) < 4.78 is 0. The average Bonchev–Trinajstić information content (AvgIpc) is 2.40. The maximum absolute atomic E-state index is 6.22. The highest BCUT2D eigenvalue weighted by atomic mass is 15.1. The number of para-hydroxylation sites is 1. The second-order valence-corrected chi connectivity index (χ2v) is 4.74.